The predicted octanol–water partition coefficient (Wildman–Crippen LogP) is 4.46. The summed E-state index contributed by atoms with van der Waals surface area (Å²) in [6, 6.07) is 8.58. The van der Waals surface area contributed by atoms with Gasteiger partial charge in [0.15, 0.2) is 0 Å². The van der Waals surface area contributed by atoms with Crippen LogP contribution in [0.5, 0.6) is 5.75 Å². The van der Waals surface area contributed by atoms with E-state index in [1.807, 2.05) is 0 Å². The van der Waals surface area contributed by atoms with Crippen molar-refractivity contribution in [1.29, 1.82) is 0 Å². The van der Waals surface area contributed by atoms with E-state index in [2.05, 4.69) is 57.3 Å². The Kier molecular flexibility index (Phi) is 7.68. The number of ether oxygens (including phenoxy) is 1. The second-order valence-corrected chi connectivity index (χ2v) is 6.20. The maximum absolute atomic E-state index is 5.25. The Balaban J connectivity index is 2.73. The fourth-order valence-corrected chi connectivity index (χ4v) is 2.68. The van der Waals surface area contributed by atoms with Crippen molar-refractivity contribution in [2.75, 3.05) is 20.2 Å². The number of hydrogen-bond donors (Lipinski definition) is 1. The van der Waals surface area contributed by atoms with Crippen LogP contribution in [-0.4, -0.2) is 20.2 Å². The first-order valence-electron chi connectivity index (χ1n) is 7.93. The summed E-state index contributed by atoms with van der Waals surface area (Å²) in [5.41, 5.74) is 1.42. The summed E-state index contributed by atoms with van der Waals surface area (Å²) >= 11 is 0. The molecule has 0 aliphatic heterocycles. The molecule has 0 amide bonds. The molecule has 114 valence electrons. The summed E-state index contributed by atoms with van der Waals surface area (Å²) in [5, 5.41) is 3.62. The van der Waals surface area contributed by atoms with Crippen molar-refractivity contribution in [3.63, 3.8) is 0 Å². The lowest BCUT2D eigenvalue weighted by atomic mass is 9.84. The lowest BCUT2D eigenvalue weighted by Crippen LogP contribution is -2.28. The van der Waals surface area contributed by atoms with Gasteiger partial charge in [-0.2, -0.15) is 0 Å². The lowest BCUT2D eigenvalue weighted by molar-refractivity contribution is 0.392. The van der Waals surface area contributed by atoms with Crippen molar-refractivity contribution < 1.29 is 4.74 Å². The molecule has 2 atom stereocenters. The fourth-order valence-electron chi connectivity index (χ4n) is 2.68. The van der Waals surface area contributed by atoms with Gasteiger partial charge in [-0.15, -0.1) is 0 Å². The quantitative estimate of drug-likeness (QED) is 0.719. The molecule has 1 N–H and O–H groups in total. The Hall–Kier alpha value is -1.02. The highest BCUT2D eigenvalue weighted by molar-refractivity contribution is 5.30. The van der Waals surface area contributed by atoms with Gasteiger partial charge < -0.3 is 10.1 Å². The summed E-state index contributed by atoms with van der Waals surface area (Å²) in [6.07, 6.45) is 2.53. The van der Waals surface area contributed by atoms with Crippen LogP contribution in [0.4, 0.5) is 0 Å². The number of hydrogen-bond acceptors (Lipinski definition) is 2. The van der Waals surface area contributed by atoms with Crippen molar-refractivity contribution in [1.82, 2.24) is 5.32 Å². The molecule has 0 saturated heterocycles. The third-order valence-corrected chi connectivity index (χ3v) is 3.89. The average molecular weight is 277 g/mol. The molecule has 0 aromatic heterocycles. The molecule has 0 heterocycles. The molecule has 1 aromatic carbocycles. The van der Waals surface area contributed by atoms with Crippen molar-refractivity contribution in [2.45, 2.75) is 46.5 Å². The minimum Gasteiger partial charge on any atom is -0.497 e. The molecule has 0 aliphatic rings. The fraction of sp³-hybridized carbons (Fsp3) is 0.667. The summed E-state index contributed by atoms with van der Waals surface area (Å²) in [4.78, 5) is 0. The van der Waals surface area contributed by atoms with E-state index >= 15 is 0 Å². The zero-order valence-corrected chi connectivity index (χ0v) is 13.8. The largest absolute Gasteiger partial charge is 0.497 e. The van der Waals surface area contributed by atoms with Crippen LogP contribution < -0.4 is 10.1 Å². The third-order valence-electron chi connectivity index (χ3n) is 3.89. The van der Waals surface area contributed by atoms with Crippen LogP contribution in [0.25, 0.3) is 0 Å². The van der Waals surface area contributed by atoms with Gasteiger partial charge in [-0.05, 0) is 42.0 Å². The van der Waals surface area contributed by atoms with E-state index in [1.54, 1.807) is 7.11 Å². The van der Waals surface area contributed by atoms with E-state index in [1.165, 1.54) is 18.4 Å². The number of benzene rings is 1. The van der Waals surface area contributed by atoms with Crippen LogP contribution in [0.15, 0.2) is 24.3 Å². The normalized spacial score (nSPS) is 14.3. The molecule has 2 heteroatoms. The van der Waals surface area contributed by atoms with Crippen LogP contribution in [-0.2, 0) is 0 Å². The third kappa shape index (κ3) is 5.54. The van der Waals surface area contributed by atoms with Gasteiger partial charge >= 0.3 is 0 Å². The second-order valence-electron chi connectivity index (χ2n) is 6.20. The summed E-state index contributed by atoms with van der Waals surface area (Å²) in [7, 11) is 1.72. The van der Waals surface area contributed by atoms with Crippen molar-refractivity contribution in [2.24, 2.45) is 11.8 Å². The first kappa shape index (κ1) is 17.0. The van der Waals surface area contributed by atoms with Crippen LogP contribution in [0.1, 0.15) is 52.0 Å². The summed E-state index contributed by atoms with van der Waals surface area (Å²) in [6.45, 7) is 11.3. The Morgan fingerprint density at radius 2 is 1.70 bits per heavy atom. The number of nitrogens with one attached hydrogen (secondary N) is 1. The number of rotatable bonds is 9. The minimum atomic E-state index is 0.583. The van der Waals surface area contributed by atoms with Crippen LogP contribution >= 0.6 is 0 Å². The van der Waals surface area contributed by atoms with E-state index in [0.29, 0.717) is 17.8 Å². The molecule has 0 spiro atoms. The van der Waals surface area contributed by atoms with Gasteiger partial charge in [-0.1, -0.05) is 52.7 Å². The van der Waals surface area contributed by atoms with E-state index in [4.69, 9.17) is 4.74 Å². The SMILES string of the molecule is CCCC(C)C(CNCC(C)C)c1ccc(OC)cc1. The summed E-state index contributed by atoms with van der Waals surface area (Å²) in [5.74, 6) is 2.92. The zero-order valence-electron chi connectivity index (χ0n) is 13.8. The van der Waals surface area contributed by atoms with E-state index < -0.39 is 0 Å². The van der Waals surface area contributed by atoms with Gasteiger partial charge in [0.25, 0.3) is 0 Å². The second kappa shape index (κ2) is 9.02. The molecule has 1 rings (SSSR count). The highest BCUT2D eigenvalue weighted by Crippen LogP contribution is 2.28. The first-order chi connectivity index (χ1) is 9.58. The van der Waals surface area contributed by atoms with Crippen molar-refractivity contribution in [3.8, 4) is 5.75 Å². The van der Waals surface area contributed by atoms with E-state index in [-0.39, 0.29) is 0 Å². The molecule has 2 nitrogen and oxygen atoms in total. The molecule has 0 bridgehead atoms. The van der Waals surface area contributed by atoms with Gasteiger partial charge in [-0.3, -0.25) is 0 Å². The smallest absolute Gasteiger partial charge is 0.118 e. The Morgan fingerprint density at radius 1 is 1.05 bits per heavy atom. The minimum absolute atomic E-state index is 0.583. The topological polar surface area (TPSA) is 21.3 Å². The Morgan fingerprint density at radius 3 is 2.20 bits per heavy atom. The average Bonchev–Trinajstić information content (AvgIpc) is 2.44. The molecular formula is C18H31NO. The Bertz CT molecular complexity index is 358. The van der Waals surface area contributed by atoms with E-state index in [0.717, 1.165) is 18.8 Å². The highest BCUT2D eigenvalue weighted by atomic mass is 16.5. The molecule has 0 saturated carbocycles. The Labute approximate surface area is 124 Å². The molecule has 0 radical (unpaired) electrons. The van der Waals surface area contributed by atoms with E-state index in [9.17, 15) is 0 Å². The molecule has 20 heavy (non-hydrogen) atoms. The molecular weight excluding hydrogens is 246 g/mol. The van der Waals surface area contributed by atoms with Gasteiger partial charge in [-0.25, -0.2) is 0 Å². The maximum Gasteiger partial charge on any atom is 0.118 e. The monoisotopic (exact) mass is 277 g/mol. The molecule has 0 fully saturated rings. The molecule has 0 aliphatic carbocycles. The molecule has 2 unspecified atom stereocenters. The van der Waals surface area contributed by atoms with Gasteiger partial charge in [0.2, 0.25) is 0 Å². The van der Waals surface area contributed by atoms with Gasteiger partial charge in [0.05, 0.1) is 7.11 Å². The van der Waals surface area contributed by atoms with Crippen LogP contribution in [0.3, 0.4) is 0 Å². The van der Waals surface area contributed by atoms with Crippen LogP contribution in [0.2, 0.25) is 0 Å². The predicted molar refractivity (Wildman–Crippen MR) is 87.5 cm³/mol. The van der Waals surface area contributed by atoms with Gasteiger partial charge in [0, 0.05) is 6.54 Å². The number of methoxy groups -OCH3 is 1. The summed E-state index contributed by atoms with van der Waals surface area (Å²) < 4.78 is 5.25. The van der Waals surface area contributed by atoms with Gasteiger partial charge in [0.1, 0.15) is 5.75 Å². The first-order valence-corrected chi connectivity index (χ1v) is 7.93. The standard InChI is InChI=1S/C18H31NO/c1-6-7-15(4)18(13-19-12-14(2)3)16-8-10-17(20-5)11-9-16/h8-11,14-15,18-19H,6-7,12-13H2,1-5H3. The maximum atomic E-state index is 5.25. The lowest BCUT2D eigenvalue weighted by Gasteiger charge is -2.25. The van der Waals surface area contributed by atoms with Crippen molar-refractivity contribution in [3.05, 3.63) is 29.8 Å². The van der Waals surface area contributed by atoms with Crippen molar-refractivity contribution >= 4 is 0 Å². The van der Waals surface area contributed by atoms with Crippen LogP contribution in [0, 0.1) is 11.8 Å². The zero-order chi connectivity index (χ0) is 15.0. The molecule has 1 aromatic rings. The highest BCUT2D eigenvalue weighted by Gasteiger charge is 2.18.